The monoisotopic (exact) mass is 471 g/mol. The standard InChI is InChI=1S/C27H33N7O/c1-19-24(20(2)33(30-19)26-13-12-25-29-28-21(3)34(25)31-26)11-14-27(35)32-17-15-23(16-18-32)10-9-22-7-5-4-6-8-22/h4-8,12-13,23H,9-11,14-18H2,1-3H3. The van der Waals surface area contributed by atoms with Crippen molar-refractivity contribution in [2.24, 2.45) is 5.92 Å². The highest BCUT2D eigenvalue weighted by Gasteiger charge is 2.23. The highest BCUT2D eigenvalue weighted by atomic mass is 16.2. The maximum atomic E-state index is 13.0. The number of aryl methyl sites for hydroxylation is 3. The number of fused-ring (bicyclic) bond motifs is 1. The third-order valence-electron chi connectivity index (χ3n) is 7.30. The molecule has 1 aliphatic rings. The average Bonchev–Trinajstić information content (AvgIpc) is 3.40. The third-order valence-corrected chi connectivity index (χ3v) is 7.30. The Kier molecular flexibility index (Phi) is 6.61. The van der Waals surface area contributed by atoms with E-state index in [0.29, 0.717) is 24.4 Å². The van der Waals surface area contributed by atoms with Crippen LogP contribution in [0.3, 0.4) is 0 Å². The van der Waals surface area contributed by atoms with Gasteiger partial charge in [0.2, 0.25) is 5.91 Å². The summed E-state index contributed by atoms with van der Waals surface area (Å²) >= 11 is 0. The minimum Gasteiger partial charge on any atom is -0.343 e. The molecule has 1 amide bonds. The first-order chi connectivity index (χ1) is 17.0. The van der Waals surface area contributed by atoms with Gasteiger partial charge in [-0.05, 0) is 82.1 Å². The second-order valence-electron chi connectivity index (χ2n) is 9.62. The van der Waals surface area contributed by atoms with Gasteiger partial charge in [0, 0.05) is 25.2 Å². The zero-order valence-corrected chi connectivity index (χ0v) is 20.8. The summed E-state index contributed by atoms with van der Waals surface area (Å²) in [5.74, 6) is 2.41. The Morgan fingerprint density at radius 2 is 1.71 bits per heavy atom. The lowest BCUT2D eigenvalue weighted by Gasteiger charge is -2.32. The molecule has 4 heterocycles. The van der Waals surface area contributed by atoms with E-state index in [9.17, 15) is 4.79 Å². The first-order valence-corrected chi connectivity index (χ1v) is 12.6. The van der Waals surface area contributed by atoms with Gasteiger partial charge < -0.3 is 4.90 Å². The summed E-state index contributed by atoms with van der Waals surface area (Å²) in [6.45, 7) is 7.67. The second kappa shape index (κ2) is 9.98. The van der Waals surface area contributed by atoms with Crippen molar-refractivity contribution in [2.75, 3.05) is 13.1 Å². The molecule has 35 heavy (non-hydrogen) atoms. The minimum absolute atomic E-state index is 0.248. The molecule has 1 fully saturated rings. The number of hydrogen-bond acceptors (Lipinski definition) is 5. The molecule has 0 aliphatic carbocycles. The Balaban J connectivity index is 1.16. The maximum absolute atomic E-state index is 13.0. The Morgan fingerprint density at radius 1 is 0.943 bits per heavy atom. The lowest BCUT2D eigenvalue weighted by Crippen LogP contribution is -2.38. The Morgan fingerprint density at radius 3 is 2.49 bits per heavy atom. The molecule has 5 rings (SSSR count). The van der Waals surface area contributed by atoms with Crippen LogP contribution >= 0.6 is 0 Å². The van der Waals surface area contributed by atoms with E-state index >= 15 is 0 Å². The predicted octanol–water partition coefficient (Wildman–Crippen LogP) is 4.04. The van der Waals surface area contributed by atoms with Gasteiger partial charge in [-0.25, -0.2) is 4.68 Å². The molecule has 4 aromatic rings. The molecule has 1 aliphatic heterocycles. The fourth-order valence-electron chi connectivity index (χ4n) is 5.14. The molecule has 3 aromatic heterocycles. The largest absolute Gasteiger partial charge is 0.343 e. The Labute approximate surface area is 206 Å². The number of aromatic nitrogens is 6. The average molecular weight is 472 g/mol. The van der Waals surface area contributed by atoms with Gasteiger partial charge >= 0.3 is 0 Å². The van der Waals surface area contributed by atoms with Crippen molar-refractivity contribution in [2.45, 2.75) is 59.3 Å². The van der Waals surface area contributed by atoms with Gasteiger partial charge in [0.15, 0.2) is 17.3 Å². The van der Waals surface area contributed by atoms with Crippen LogP contribution in [-0.4, -0.2) is 53.5 Å². The molecular weight excluding hydrogens is 438 g/mol. The second-order valence-corrected chi connectivity index (χ2v) is 9.62. The van der Waals surface area contributed by atoms with Crippen LogP contribution in [0.2, 0.25) is 0 Å². The third kappa shape index (κ3) is 4.97. The summed E-state index contributed by atoms with van der Waals surface area (Å²) in [7, 11) is 0. The quantitative estimate of drug-likeness (QED) is 0.406. The van der Waals surface area contributed by atoms with E-state index in [1.165, 1.54) is 12.0 Å². The molecule has 0 N–H and O–H groups in total. The lowest BCUT2D eigenvalue weighted by atomic mass is 9.90. The van der Waals surface area contributed by atoms with Crippen LogP contribution < -0.4 is 0 Å². The van der Waals surface area contributed by atoms with E-state index in [4.69, 9.17) is 5.10 Å². The van der Waals surface area contributed by atoms with Crippen molar-refractivity contribution >= 4 is 11.6 Å². The van der Waals surface area contributed by atoms with Crippen LogP contribution in [0, 0.1) is 26.7 Å². The first kappa shape index (κ1) is 23.2. The molecule has 1 aromatic carbocycles. The number of amides is 1. The van der Waals surface area contributed by atoms with Crippen molar-refractivity contribution in [3.63, 3.8) is 0 Å². The topological polar surface area (TPSA) is 81.2 Å². The molecule has 8 heteroatoms. The van der Waals surface area contributed by atoms with Crippen LogP contribution in [0.1, 0.15) is 54.0 Å². The smallest absolute Gasteiger partial charge is 0.222 e. The molecule has 0 atom stereocenters. The van der Waals surface area contributed by atoms with Gasteiger partial charge in [0.25, 0.3) is 0 Å². The zero-order valence-electron chi connectivity index (χ0n) is 20.8. The summed E-state index contributed by atoms with van der Waals surface area (Å²) in [5, 5.41) is 17.5. The van der Waals surface area contributed by atoms with E-state index < -0.39 is 0 Å². The van der Waals surface area contributed by atoms with Crippen molar-refractivity contribution in [1.29, 1.82) is 0 Å². The minimum atomic E-state index is 0.248. The lowest BCUT2D eigenvalue weighted by molar-refractivity contribution is -0.132. The number of hydrogen-bond donors (Lipinski definition) is 0. The van der Waals surface area contributed by atoms with Crippen LogP contribution in [0.15, 0.2) is 42.5 Å². The zero-order chi connectivity index (χ0) is 24.4. The van der Waals surface area contributed by atoms with Crippen LogP contribution in [0.5, 0.6) is 0 Å². The summed E-state index contributed by atoms with van der Waals surface area (Å²) < 4.78 is 3.57. The van der Waals surface area contributed by atoms with Crippen LogP contribution in [-0.2, 0) is 17.6 Å². The molecule has 1 saturated heterocycles. The molecule has 182 valence electrons. The van der Waals surface area contributed by atoms with Crippen LogP contribution in [0.25, 0.3) is 11.5 Å². The van der Waals surface area contributed by atoms with E-state index in [0.717, 1.165) is 60.9 Å². The van der Waals surface area contributed by atoms with Gasteiger partial charge in [-0.1, -0.05) is 30.3 Å². The van der Waals surface area contributed by atoms with E-state index in [-0.39, 0.29) is 5.91 Å². The van der Waals surface area contributed by atoms with Gasteiger partial charge in [0.1, 0.15) is 0 Å². The number of rotatable bonds is 7. The van der Waals surface area contributed by atoms with Crippen molar-refractivity contribution in [1.82, 2.24) is 34.5 Å². The number of piperidine rings is 1. The highest BCUT2D eigenvalue weighted by Crippen LogP contribution is 2.24. The predicted molar refractivity (Wildman–Crippen MR) is 135 cm³/mol. The Bertz CT molecular complexity index is 1320. The number of carbonyl (C=O) groups excluding carboxylic acids is 1. The number of carbonyl (C=O) groups is 1. The summed E-state index contributed by atoms with van der Waals surface area (Å²) in [5.41, 5.74) is 5.20. The molecule has 8 nitrogen and oxygen atoms in total. The summed E-state index contributed by atoms with van der Waals surface area (Å²) in [6, 6.07) is 14.5. The molecule has 0 bridgehead atoms. The van der Waals surface area contributed by atoms with E-state index in [1.54, 1.807) is 4.52 Å². The van der Waals surface area contributed by atoms with Gasteiger partial charge in [-0.15, -0.1) is 15.3 Å². The number of nitrogens with zero attached hydrogens (tertiary/aromatic N) is 7. The number of likely N-dealkylation sites (tertiary alicyclic amines) is 1. The van der Waals surface area contributed by atoms with Gasteiger partial charge in [-0.2, -0.15) is 9.61 Å². The fourth-order valence-corrected chi connectivity index (χ4v) is 5.14. The van der Waals surface area contributed by atoms with Crippen molar-refractivity contribution < 1.29 is 4.79 Å². The van der Waals surface area contributed by atoms with E-state index in [2.05, 4.69) is 50.5 Å². The molecule has 0 saturated carbocycles. The van der Waals surface area contributed by atoms with E-state index in [1.807, 2.05) is 37.6 Å². The van der Waals surface area contributed by atoms with Gasteiger partial charge in [-0.3, -0.25) is 4.79 Å². The molecule has 0 unspecified atom stereocenters. The Hall–Kier alpha value is -3.55. The van der Waals surface area contributed by atoms with Crippen molar-refractivity contribution in [3.8, 4) is 5.82 Å². The summed E-state index contributed by atoms with van der Waals surface area (Å²) in [4.78, 5) is 15.0. The fraction of sp³-hybridized carbons (Fsp3) is 0.444. The maximum Gasteiger partial charge on any atom is 0.222 e. The SMILES string of the molecule is Cc1nn(-c2ccc3nnc(C)n3n2)c(C)c1CCC(=O)N1CCC(CCc2ccccc2)CC1. The van der Waals surface area contributed by atoms with Gasteiger partial charge in [0.05, 0.1) is 5.69 Å². The summed E-state index contributed by atoms with van der Waals surface area (Å²) in [6.07, 6.45) is 5.74. The van der Waals surface area contributed by atoms with Crippen molar-refractivity contribution in [3.05, 3.63) is 70.8 Å². The van der Waals surface area contributed by atoms with Crippen LogP contribution in [0.4, 0.5) is 0 Å². The number of benzene rings is 1. The first-order valence-electron chi connectivity index (χ1n) is 12.6. The molecule has 0 radical (unpaired) electrons. The normalized spacial score (nSPS) is 14.7. The molecular formula is C27H33N7O. The highest BCUT2D eigenvalue weighted by molar-refractivity contribution is 5.76. The molecule has 0 spiro atoms.